The van der Waals surface area contributed by atoms with Gasteiger partial charge in [-0.25, -0.2) is 4.98 Å². The Balaban J connectivity index is 1.82. The number of anilines is 2. The van der Waals surface area contributed by atoms with Crippen molar-refractivity contribution in [1.82, 2.24) is 4.98 Å². The topological polar surface area (TPSA) is 46.2 Å². The standard InChI is InChI=1S/C13H21N3O/c1-2-5-14-13-8-12(3-6-15-13)16-9-11-4-7-17-10-11/h3,6,8,11H,2,4-5,7,9-10H2,1H3,(H2,14,15,16). The second-order valence-corrected chi connectivity index (χ2v) is 4.47. The van der Waals surface area contributed by atoms with E-state index < -0.39 is 0 Å². The molecule has 0 aliphatic carbocycles. The van der Waals surface area contributed by atoms with Crippen LogP contribution in [0.1, 0.15) is 19.8 Å². The summed E-state index contributed by atoms with van der Waals surface area (Å²) >= 11 is 0. The van der Waals surface area contributed by atoms with Gasteiger partial charge in [0, 0.05) is 43.6 Å². The minimum absolute atomic E-state index is 0.648. The summed E-state index contributed by atoms with van der Waals surface area (Å²) in [6.07, 6.45) is 4.11. The fourth-order valence-electron chi connectivity index (χ4n) is 1.90. The predicted octanol–water partition coefficient (Wildman–Crippen LogP) is 2.35. The normalized spacial score (nSPS) is 19.2. The van der Waals surface area contributed by atoms with Crippen LogP contribution in [-0.4, -0.2) is 31.3 Å². The van der Waals surface area contributed by atoms with Gasteiger partial charge < -0.3 is 15.4 Å². The van der Waals surface area contributed by atoms with Gasteiger partial charge in [0.25, 0.3) is 0 Å². The molecule has 94 valence electrons. The van der Waals surface area contributed by atoms with Crippen molar-refractivity contribution < 1.29 is 4.74 Å². The van der Waals surface area contributed by atoms with Gasteiger partial charge in [-0.3, -0.25) is 0 Å². The van der Waals surface area contributed by atoms with Crippen molar-refractivity contribution in [3.05, 3.63) is 18.3 Å². The maximum Gasteiger partial charge on any atom is 0.127 e. The van der Waals surface area contributed by atoms with E-state index in [0.717, 1.165) is 44.2 Å². The molecule has 1 fully saturated rings. The monoisotopic (exact) mass is 235 g/mol. The summed E-state index contributed by atoms with van der Waals surface area (Å²) in [5.74, 6) is 1.59. The zero-order chi connectivity index (χ0) is 11.9. The molecule has 0 bridgehead atoms. The van der Waals surface area contributed by atoms with Crippen molar-refractivity contribution in [3.63, 3.8) is 0 Å². The highest BCUT2D eigenvalue weighted by Crippen LogP contribution is 2.16. The Morgan fingerprint density at radius 3 is 3.18 bits per heavy atom. The van der Waals surface area contributed by atoms with Crippen molar-refractivity contribution >= 4 is 11.5 Å². The SMILES string of the molecule is CCCNc1cc(NCC2CCOC2)ccn1. The minimum atomic E-state index is 0.648. The van der Waals surface area contributed by atoms with E-state index in [4.69, 9.17) is 4.74 Å². The van der Waals surface area contributed by atoms with Gasteiger partial charge >= 0.3 is 0 Å². The third-order valence-corrected chi connectivity index (χ3v) is 2.93. The molecule has 1 atom stereocenters. The van der Waals surface area contributed by atoms with Gasteiger partial charge in [0.2, 0.25) is 0 Å². The maximum atomic E-state index is 5.36. The molecule has 4 nitrogen and oxygen atoms in total. The molecule has 1 aromatic rings. The van der Waals surface area contributed by atoms with E-state index in [1.165, 1.54) is 6.42 Å². The molecule has 1 aromatic heterocycles. The van der Waals surface area contributed by atoms with Gasteiger partial charge in [-0.15, -0.1) is 0 Å². The number of ether oxygens (including phenoxy) is 1. The van der Waals surface area contributed by atoms with E-state index in [1.54, 1.807) is 0 Å². The Morgan fingerprint density at radius 1 is 1.47 bits per heavy atom. The van der Waals surface area contributed by atoms with E-state index in [9.17, 15) is 0 Å². The molecule has 0 aromatic carbocycles. The molecule has 2 N–H and O–H groups in total. The van der Waals surface area contributed by atoms with E-state index >= 15 is 0 Å². The molecule has 0 saturated carbocycles. The summed E-state index contributed by atoms with van der Waals surface area (Å²) in [5, 5.41) is 6.73. The lowest BCUT2D eigenvalue weighted by Crippen LogP contribution is -2.14. The van der Waals surface area contributed by atoms with E-state index in [1.807, 2.05) is 12.3 Å². The molecule has 1 aliphatic heterocycles. The third kappa shape index (κ3) is 3.89. The number of nitrogens with one attached hydrogen (secondary N) is 2. The van der Waals surface area contributed by atoms with Gasteiger partial charge in [0.15, 0.2) is 0 Å². The lowest BCUT2D eigenvalue weighted by Gasteiger charge is -2.11. The van der Waals surface area contributed by atoms with Crippen LogP contribution in [0.25, 0.3) is 0 Å². The largest absolute Gasteiger partial charge is 0.385 e. The molecular formula is C13H21N3O. The lowest BCUT2D eigenvalue weighted by molar-refractivity contribution is 0.187. The van der Waals surface area contributed by atoms with Crippen molar-refractivity contribution in [2.75, 3.05) is 36.9 Å². The maximum absolute atomic E-state index is 5.36. The van der Waals surface area contributed by atoms with Crippen LogP contribution in [0.4, 0.5) is 11.5 Å². The number of hydrogen-bond donors (Lipinski definition) is 2. The second-order valence-electron chi connectivity index (χ2n) is 4.47. The fraction of sp³-hybridized carbons (Fsp3) is 0.615. The lowest BCUT2D eigenvalue weighted by atomic mass is 10.1. The molecule has 1 aliphatic rings. The number of pyridine rings is 1. The molecule has 1 saturated heterocycles. The first kappa shape index (κ1) is 12.2. The van der Waals surface area contributed by atoms with E-state index in [0.29, 0.717) is 5.92 Å². The van der Waals surface area contributed by atoms with Crippen LogP contribution >= 0.6 is 0 Å². The zero-order valence-electron chi connectivity index (χ0n) is 10.4. The van der Waals surface area contributed by atoms with Crippen molar-refractivity contribution in [2.45, 2.75) is 19.8 Å². The summed E-state index contributed by atoms with van der Waals surface area (Å²) < 4.78 is 5.36. The Labute approximate surface area is 103 Å². The second kappa shape index (κ2) is 6.45. The van der Waals surface area contributed by atoms with Crippen LogP contribution in [0.15, 0.2) is 18.3 Å². The molecule has 0 amide bonds. The van der Waals surface area contributed by atoms with Gasteiger partial charge in [0.05, 0.1) is 6.61 Å². The van der Waals surface area contributed by atoms with Crippen LogP contribution < -0.4 is 10.6 Å². The Bertz CT molecular complexity index is 337. The molecule has 17 heavy (non-hydrogen) atoms. The van der Waals surface area contributed by atoms with Gasteiger partial charge in [-0.05, 0) is 18.9 Å². The molecule has 2 heterocycles. The summed E-state index contributed by atoms with van der Waals surface area (Å²) in [6, 6.07) is 4.07. The highest BCUT2D eigenvalue weighted by molar-refractivity contribution is 5.51. The van der Waals surface area contributed by atoms with Gasteiger partial charge in [-0.1, -0.05) is 6.92 Å². The van der Waals surface area contributed by atoms with E-state index in [2.05, 4.69) is 28.6 Å². The van der Waals surface area contributed by atoms with Crippen molar-refractivity contribution in [3.8, 4) is 0 Å². The number of hydrogen-bond acceptors (Lipinski definition) is 4. The Hall–Kier alpha value is -1.29. The van der Waals surface area contributed by atoms with Crippen LogP contribution in [0.5, 0.6) is 0 Å². The first-order valence-electron chi connectivity index (χ1n) is 6.40. The van der Waals surface area contributed by atoms with Gasteiger partial charge in [0.1, 0.15) is 5.82 Å². The van der Waals surface area contributed by atoms with Crippen LogP contribution in [0.3, 0.4) is 0 Å². The zero-order valence-corrected chi connectivity index (χ0v) is 10.4. The van der Waals surface area contributed by atoms with E-state index in [-0.39, 0.29) is 0 Å². The average molecular weight is 235 g/mol. The van der Waals surface area contributed by atoms with Crippen LogP contribution in [0.2, 0.25) is 0 Å². The average Bonchev–Trinajstić information content (AvgIpc) is 2.87. The number of nitrogens with zero attached hydrogens (tertiary/aromatic N) is 1. The molecule has 1 unspecified atom stereocenters. The number of rotatable bonds is 6. The van der Waals surface area contributed by atoms with Crippen molar-refractivity contribution in [2.24, 2.45) is 5.92 Å². The first-order valence-corrected chi connectivity index (χ1v) is 6.40. The summed E-state index contributed by atoms with van der Waals surface area (Å²) in [6.45, 7) is 5.89. The fourth-order valence-corrected chi connectivity index (χ4v) is 1.90. The molecule has 0 spiro atoms. The summed E-state index contributed by atoms with van der Waals surface area (Å²) in [7, 11) is 0. The highest BCUT2D eigenvalue weighted by Gasteiger charge is 2.14. The third-order valence-electron chi connectivity index (χ3n) is 2.93. The molecule has 0 radical (unpaired) electrons. The smallest absolute Gasteiger partial charge is 0.127 e. The number of aromatic nitrogens is 1. The quantitative estimate of drug-likeness (QED) is 0.794. The summed E-state index contributed by atoms with van der Waals surface area (Å²) in [5.41, 5.74) is 1.13. The Kier molecular flexibility index (Phi) is 4.62. The Morgan fingerprint density at radius 2 is 2.41 bits per heavy atom. The molecule has 4 heteroatoms. The predicted molar refractivity (Wildman–Crippen MR) is 70.4 cm³/mol. The highest BCUT2D eigenvalue weighted by atomic mass is 16.5. The molecular weight excluding hydrogens is 214 g/mol. The minimum Gasteiger partial charge on any atom is -0.385 e. The van der Waals surface area contributed by atoms with Crippen LogP contribution in [-0.2, 0) is 4.74 Å². The first-order chi connectivity index (χ1) is 8.38. The summed E-state index contributed by atoms with van der Waals surface area (Å²) in [4.78, 5) is 4.28. The van der Waals surface area contributed by atoms with Crippen LogP contribution in [0, 0.1) is 5.92 Å². The van der Waals surface area contributed by atoms with Crippen molar-refractivity contribution in [1.29, 1.82) is 0 Å². The van der Waals surface area contributed by atoms with Gasteiger partial charge in [-0.2, -0.15) is 0 Å². The molecule has 2 rings (SSSR count).